The van der Waals surface area contributed by atoms with Gasteiger partial charge in [-0.05, 0) is 39.0 Å². The molecule has 0 aromatic heterocycles. The maximum atomic E-state index is 2.35. The van der Waals surface area contributed by atoms with Crippen LogP contribution in [0.15, 0.2) is 103 Å². The normalized spacial score (nSPS) is 11.0. The Bertz CT molecular complexity index is 1860. The van der Waals surface area contributed by atoms with Crippen molar-refractivity contribution in [3.05, 3.63) is 146 Å². The molecule has 6 rings (SSSR count). The summed E-state index contributed by atoms with van der Waals surface area (Å²) < 4.78 is 0. The van der Waals surface area contributed by atoms with Crippen molar-refractivity contribution >= 4 is 31.1 Å². The largest absolute Gasteiger partial charge is 4.00 e. The molecule has 0 atom stereocenters. The van der Waals surface area contributed by atoms with Crippen LogP contribution in [0.5, 0.6) is 0 Å². The predicted molar refractivity (Wildman–Crippen MR) is 221 cm³/mol. The van der Waals surface area contributed by atoms with Crippen LogP contribution in [0.2, 0.25) is 13.1 Å². The van der Waals surface area contributed by atoms with E-state index in [2.05, 4.69) is 185 Å². The summed E-state index contributed by atoms with van der Waals surface area (Å²) in [4.78, 5) is 0. The summed E-state index contributed by atoms with van der Waals surface area (Å²) in [5.41, 5.74) is 12.6. The molecule has 6 aromatic rings. The first-order valence-electron chi connectivity index (χ1n) is 16.8. The topological polar surface area (TPSA) is 0 Å². The van der Waals surface area contributed by atoms with Crippen molar-refractivity contribution in [3.63, 3.8) is 0 Å². The second kappa shape index (κ2) is 18.4. The van der Waals surface area contributed by atoms with Crippen LogP contribution in [-0.4, -0.2) is 9.52 Å². The molecule has 0 nitrogen and oxygen atoms in total. The zero-order valence-electron chi connectivity index (χ0n) is 32.9. The third-order valence-corrected chi connectivity index (χ3v) is 8.81. The fourth-order valence-corrected chi connectivity index (χ4v) is 5.98. The molecule has 0 aliphatic carbocycles. The summed E-state index contributed by atoms with van der Waals surface area (Å²) in [5.74, 6) is 0.573. The molecular formula is C47H60SiZr. The van der Waals surface area contributed by atoms with E-state index in [1.165, 1.54) is 71.6 Å². The third kappa shape index (κ3) is 10.8. The van der Waals surface area contributed by atoms with Gasteiger partial charge in [-0.1, -0.05) is 154 Å². The van der Waals surface area contributed by atoms with E-state index in [9.17, 15) is 0 Å². The maximum absolute atomic E-state index is 2.35. The summed E-state index contributed by atoms with van der Waals surface area (Å²) in [6, 6.07) is 38.5. The molecule has 0 aliphatic rings. The molecule has 0 amide bonds. The van der Waals surface area contributed by atoms with Gasteiger partial charge in [0.05, 0.1) is 0 Å². The van der Waals surface area contributed by atoms with E-state index in [-0.39, 0.29) is 51.9 Å². The summed E-state index contributed by atoms with van der Waals surface area (Å²) >= 11 is 0. The number of rotatable bonds is 3. The quantitative estimate of drug-likeness (QED) is 0.125. The molecule has 2 heteroatoms. The maximum Gasteiger partial charge on any atom is 4.00 e. The average Bonchev–Trinajstić information content (AvgIpc) is 3.62. The molecule has 0 N–H and O–H groups in total. The smallest absolute Gasteiger partial charge is 0.358 e. The van der Waals surface area contributed by atoms with Gasteiger partial charge < -0.3 is 14.9 Å². The molecule has 0 heterocycles. The number of fused-ring (bicyclic) bond motifs is 2. The van der Waals surface area contributed by atoms with Crippen molar-refractivity contribution in [2.75, 3.05) is 0 Å². The second-order valence-corrected chi connectivity index (χ2v) is 16.2. The molecule has 0 saturated heterocycles. The van der Waals surface area contributed by atoms with Crippen LogP contribution in [0.25, 0.3) is 43.8 Å². The van der Waals surface area contributed by atoms with E-state index in [1.807, 2.05) is 0 Å². The van der Waals surface area contributed by atoms with Crippen molar-refractivity contribution in [1.82, 2.24) is 0 Å². The van der Waals surface area contributed by atoms with E-state index in [1.54, 1.807) is 0 Å². The molecule has 0 saturated carbocycles. The first-order chi connectivity index (χ1) is 21.6. The third-order valence-electron chi connectivity index (χ3n) is 8.81. The van der Waals surface area contributed by atoms with E-state index < -0.39 is 0 Å². The first kappa shape index (κ1) is 44.2. The summed E-state index contributed by atoms with van der Waals surface area (Å²) in [7, 11) is 1.08. The standard InChI is InChI=1S/C22H25.C21H23.C2H6Si.2CH3.Zr/c1-15(2)18-13-17-7-6-8-20(21(17)14-18)16-9-11-19(12-10-16)22(3,4)5;1-14-12-19-15(2)6-11-18(20(19)13-14)16-7-9-17(10-8-16)21(3,4)5;1-3-2;;;/h6-15H,1-5H3;6-13H,1-5H3;1-2H3;2*1H3;/q2*-1;;2*-1;+4. The minimum Gasteiger partial charge on any atom is -0.358 e. The average molecular weight is 744 g/mol. The molecule has 0 bridgehead atoms. The van der Waals surface area contributed by atoms with E-state index >= 15 is 0 Å². The van der Waals surface area contributed by atoms with Crippen molar-refractivity contribution in [3.8, 4) is 22.3 Å². The van der Waals surface area contributed by atoms with Gasteiger partial charge in [-0.25, -0.2) is 0 Å². The molecule has 49 heavy (non-hydrogen) atoms. The molecule has 6 aromatic carbocycles. The Balaban J connectivity index is 0.000000430. The van der Waals surface area contributed by atoms with E-state index in [0.717, 1.165) is 9.52 Å². The Morgan fingerprint density at radius 2 is 1.06 bits per heavy atom. The Morgan fingerprint density at radius 1 is 0.592 bits per heavy atom. The molecule has 0 unspecified atom stereocenters. The van der Waals surface area contributed by atoms with Crippen LogP contribution in [-0.2, 0) is 37.0 Å². The summed E-state index contributed by atoms with van der Waals surface area (Å²) in [6.45, 7) is 26.7. The van der Waals surface area contributed by atoms with Crippen LogP contribution in [0.1, 0.15) is 89.1 Å². The monoisotopic (exact) mass is 742 g/mol. The van der Waals surface area contributed by atoms with Gasteiger partial charge in [-0.15, -0.1) is 68.6 Å². The van der Waals surface area contributed by atoms with Crippen LogP contribution in [0.3, 0.4) is 0 Å². The van der Waals surface area contributed by atoms with Gasteiger partial charge in [-0.3, -0.25) is 0 Å². The molecule has 0 aliphatic heterocycles. The Morgan fingerprint density at radius 3 is 1.51 bits per heavy atom. The van der Waals surface area contributed by atoms with Gasteiger partial charge in [0.2, 0.25) is 0 Å². The molecule has 256 valence electrons. The van der Waals surface area contributed by atoms with Gasteiger partial charge in [0.15, 0.2) is 0 Å². The summed E-state index contributed by atoms with van der Waals surface area (Å²) in [5, 5.41) is 5.47. The predicted octanol–water partition coefficient (Wildman–Crippen LogP) is 14.5. The van der Waals surface area contributed by atoms with Gasteiger partial charge in [0, 0.05) is 9.52 Å². The number of aryl methyl sites for hydroxylation is 2. The molecule has 2 radical (unpaired) electrons. The SMILES string of the molecule is CC(C)c1cc2c(-c3ccc(C(C)(C)C)cc3)cccc2[cH-]1.C[Si]C.Cc1cc2c(-c3ccc(C(C)(C)C)cc3)ccc(C)c2[cH-]1.[CH3-].[CH3-].[Zr+4]. The van der Waals surface area contributed by atoms with Crippen LogP contribution < -0.4 is 0 Å². The number of benzene rings is 4. The first-order valence-corrected chi connectivity index (χ1v) is 18.8. The van der Waals surface area contributed by atoms with Crippen molar-refractivity contribution < 1.29 is 26.2 Å². The summed E-state index contributed by atoms with van der Waals surface area (Å²) in [6.07, 6.45) is 0. The Labute approximate surface area is 322 Å². The van der Waals surface area contributed by atoms with Crippen molar-refractivity contribution in [2.24, 2.45) is 0 Å². The van der Waals surface area contributed by atoms with Crippen molar-refractivity contribution in [1.29, 1.82) is 0 Å². The van der Waals surface area contributed by atoms with E-state index in [4.69, 9.17) is 0 Å². The molecule has 0 spiro atoms. The second-order valence-electron chi connectivity index (χ2n) is 15.2. The molecular weight excluding hydrogens is 684 g/mol. The van der Waals surface area contributed by atoms with Crippen LogP contribution in [0, 0.1) is 28.7 Å². The fourth-order valence-electron chi connectivity index (χ4n) is 5.98. The van der Waals surface area contributed by atoms with Crippen LogP contribution >= 0.6 is 0 Å². The number of hydrogen-bond donors (Lipinski definition) is 0. The van der Waals surface area contributed by atoms with Gasteiger partial charge in [0.1, 0.15) is 0 Å². The Kier molecular flexibility index (Phi) is 16.6. The zero-order valence-corrected chi connectivity index (χ0v) is 36.4. The van der Waals surface area contributed by atoms with E-state index in [0.29, 0.717) is 5.92 Å². The zero-order chi connectivity index (χ0) is 33.8. The Hall–Kier alpha value is -2.80. The minimum atomic E-state index is 0. The van der Waals surface area contributed by atoms with Crippen LogP contribution in [0.4, 0.5) is 0 Å². The van der Waals surface area contributed by atoms with Crippen molar-refractivity contribution in [2.45, 2.75) is 99.1 Å². The minimum absolute atomic E-state index is 0. The van der Waals surface area contributed by atoms with Gasteiger partial charge in [-0.2, -0.15) is 12.1 Å². The van der Waals surface area contributed by atoms with Gasteiger partial charge >= 0.3 is 26.2 Å². The molecule has 0 fully saturated rings. The van der Waals surface area contributed by atoms with Gasteiger partial charge in [0.25, 0.3) is 0 Å². The number of hydrogen-bond acceptors (Lipinski definition) is 0. The fraction of sp³-hybridized carbons (Fsp3) is 0.319.